The lowest BCUT2D eigenvalue weighted by Gasteiger charge is -2.08. The highest BCUT2D eigenvalue weighted by Crippen LogP contribution is 2.41. The lowest BCUT2D eigenvalue weighted by Crippen LogP contribution is -2.17. The van der Waals surface area contributed by atoms with E-state index in [-0.39, 0.29) is 11.8 Å². The first-order chi connectivity index (χ1) is 12.7. The van der Waals surface area contributed by atoms with Gasteiger partial charge in [-0.25, -0.2) is 4.39 Å². The summed E-state index contributed by atoms with van der Waals surface area (Å²) < 4.78 is 23.8. The number of rotatable bonds is 7. The van der Waals surface area contributed by atoms with Gasteiger partial charge >= 0.3 is 6.01 Å². The van der Waals surface area contributed by atoms with E-state index in [1.165, 1.54) is 17.7 Å². The predicted octanol–water partition coefficient (Wildman–Crippen LogP) is 3.02. The minimum atomic E-state index is -0.242. The summed E-state index contributed by atoms with van der Waals surface area (Å²) >= 11 is 0. The number of anilines is 1. The number of nitrogen functional groups attached to an aromatic ring is 1. The molecule has 0 radical (unpaired) electrons. The maximum atomic E-state index is 12.9. The largest absolute Gasteiger partial charge is 0.489 e. The SMILES string of the molecule is Nc1nnc(CN[C@H]2C[C@@H]2c2ccc(OCc3ccc(F)cc3)cc2)o1. The van der Waals surface area contributed by atoms with Gasteiger partial charge in [0.2, 0.25) is 5.89 Å². The van der Waals surface area contributed by atoms with Crippen molar-refractivity contribution < 1.29 is 13.5 Å². The van der Waals surface area contributed by atoms with E-state index in [4.69, 9.17) is 14.9 Å². The van der Waals surface area contributed by atoms with Crippen LogP contribution >= 0.6 is 0 Å². The van der Waals surface area contributed by atoms with Gasteiger partial charge in [0.05, 0.1) is 6.54 Å². The van der Waals surface area contributed by atoms with E-state index < -0.39 is 0 Å². The highest BCUT2D eigenvalue weighted by Gasteiger charge is 2.38. The van der Waals surface area contributed by atoms with Crippen molar-refractivity contribution in [1.82, 2.24) is 15.5 Å². The van der Waals surface area contributed by atoms with Crippen molar-refractivity contribution in [3.05, 3.63) is 71.4 Å². The Morgan fingerprint density at radius 3 is 2.58 bits per heavy atom. The molecule has 1 heterocycles. The van der Waals surface area contributed by atoms with Gasteiger partial charge in [-0.1, -0.05) is 29.4 Å². The molecule has 0 amide bonds. The molecule has 1 aliphatic rings. The van der Waals surface area contributed by atoms with Gasteiger partial charge in [0.25, 0.3) is 0 Å². The van der Waals surface area contributed by atoms with Crippen LogP contribution in [0.3, 0.4) is 0 Å². The van der Waals surface area contributed by atoms with Crippen LogP contribution in [0.15, 0.2) is 52.9 Å². The summed E-state index contributed by atoms with van der Waals surface area (Å²) in [6, 6.07) is 14.9. The third-order valence-electron chi connectivity index (χ3n) is 4.42. The number of hydrogen-bond acceptors (Lipinski definition) is 6. The highest BCUT2D eigenvalue weighted by atomic mass is 19.1. The second-order valence-electron chi connectivity index (χ2n) is 6.35. The number of nitrogens with two attached hydrogens (primary N) is 1. The minimum absolute atomic E-state index is 0.0883. The van der Waals surface area contributed by atoms with Gasteiger partial charge < -0.3 is 20.2 Å². The molecule has 134 valence electrons. The van der Waals surface area contributed by atoms with Gasteiger partial charge in [0.1, 0.15) is 18.2 Å². The summed E-state index contributed by atoms with van der Waals surface area (Å²) in [7, 11) is 0. The van der Waals surface area contributed by atoms with Crippen molar-refractivity contribution in [2.24, 2.45) is 0 Å². The van der Waals surface area contributed by atoms with Crippen LogP contribution in [0.5, 0.6) is 5.75 Å². The topological polar surface area (TPSA) is 86.2 Å². The van der Waals surface area contributed by atoms with Crippen LogP contribution in [-0.2, 0) is 13.2 Å². The molecule has 1 aliphatic carbocycles. The van der Waals surface area contributed by atoms with E-state index in [9.17, 15) is 4.39 Å². The van der Waals surface area contributed by atoms with E-state index in [1.54, 1.807) is 12.1 Å². The zero-order valence-corrected chi connectivity index (χ0v) is 14.1. The third-order valence-corrected chi connectivity index (χ3v) is 4.42. The third kappa shape index (κ3) is 4.00. The fourth-order valence-electron chi connectivity index (χ4n) is 2.90. The minimum Gasteiger partial charge on any atom is -0.489 e. The molecule has 3 N–H and O–H groups in total. The Labute approximate surface area is 150 Å². The number of ether oxygens (including phenoxy) is 1. The highest BCUT2D eigenvalue weighted by molar-refractivity contribution is 5.34. The van der Waals surface area contributed by atoms with Gasteiger partial charge in [-0.15, -0.1) is 5.10 Å². The molecule has 2 atom stereocenters. The van der Waals surface area contributed by atoms with E-state index in [0.717, 1.165) is 17.7 Å². The first-order valence-electron chi connectivity index (χ1n) is 8.46. The maximum Gasteiger partial charge on any atom is 0.312 e. The average Bonchev–Trinajstić information content (AvgIpc) is 3.32. The van der Waals surface area contributed by atoms with Crippen molar-refractivity contribution in [3.8, 4) is 5.75 Å². The zero-order valence-electron chi connectivity index (χ0n) is 14.1. The number of nitrogens with zero attached hydrogens (tertiary/aromatic N) is 2. The van der Waals surface area contributed by atoms with Gasteiger partial charge in [0, 0.05) is 12.0 Å². The normalized spacial score (nSPS) is 18.7. The molecular formula is C19H19FN4O2. The van der Waals surface area contributed by atoms with Gasteiger partial charge in [-0.3, -0.25) is 0 Å². The first-order valence-corrected chi connectivity index (χ1v) is 8.46. The molecule has 1 aromatic heterocycles. The molecule has 3 aromatic rings. The molecule has 0 saturated heterocycles. The van der Waals surface area contributed by atoms with Crippen LogP contribution in [0, 0.1) is 5.82 Å². The smallest absolute Gasteiger partial charge is 0.312 e. The molecule has 1 fully saturated rings. The van der Waals surface area contributed by atoms with Crippen LogP contribution in [0.4, 0.5) is 10.4 Å². The number of benzene rings is 2. The quantitative estimate of drug-likeness (QED) is 0.678. The van der Waals surface area contributed by atoms with Crippen LogP contribution in [-0.4, -0.2) is 16.2 Å². The predicted molar refractivity (Wildman–Crippen MR) is 93.9 cm³/mol. The summed E-state index contributed by atoms with van der Waals surface area (Å²) in [6.45, 7) is 0.935. The van der Waals surface area contributed by atoms with Crippen LogP contribution in [0.1, 0.15) is 29.4 Å². The van der Waals surface area contributed by atoms with Crippen molar-refractivity contribution >= 4 is 6.01 Å². The van der Waals surface area contributed by atoms with Crippen molar-refractivity contribution in [1.29, 1.82) is 0 Å². The van der Waals surface area contributed by atoms with Crippen LogP contribution in [0.25, 0.3) is 0 Å². The van der Waals surface area contributed by atoms with Gasteiger partial charge in [-0.2, -0.15) is 0 Å². The molecule has 0 aliphatic heterocycles. The standard InChI is InChI=1S/C19H19FN4O2/c20-14-5-1-12(2-6-14)11-25-15-7-3-13(4-8-15)16-9-17(16)22-10-18-23-24-19(21)26-18/h1-8,16-17,22H,9-11H2,(H2,21,24)/t16-,17+/m1/s1. The fraction of sp³-hybridized carbons (Fsp3) is 0.263. The molecule has 7 heteroatoms. The van der Waals surface area contributed by atoms with E-state index in [2.05, 4.69) is 27.6 Å². The molecule has 6 nitrogen and oxygen atoms in total. The fourth-order valence-corrected chi connectivity index (χ4v) is 2.90. The lowest BCUT2D eigenvalue weighted by molar-refractivity contribution is 0.306. The van der Waals surface area contributed by atoms with Gasteiger partial charge in [0.15, 0.2) is 0 Å². The molecular weight excluding hydrogens is 335 g/mol. The van der Waals surface area contributed by atoms with Crippen LogP contribution < -0.4 is 15.8 Å². The number of aromatic nitrogens is 2. The van der Waals surface area contributed by atoms with Crippen molar-refractivity contribution in [2.45, 2.75) is 31.5 Å². The Balaban J connectivity index is 1.26. The number of nitrogens with one attached hydrogen (secondary N) is 1. The summed E-state index contributed by atoms with van der Waals surface area (Å²) in [6.07, 6.45) is 1.07. The molecule has 0 bridgehead atoms. The Kier molecular flexibility index (Phi) is 4.53. The molecule has 26 heavy (non-hydrogen) atoms. The Bertz CT molecular complexity index is 864. The number of hydrogen-bond donors (Lipinski definition) is 2. The maximum absolute atomic E-state index is 12.9. The summed E-state index contributed by atoms with van der Waals surface area (Å²) in [5.41, 5.74) is 7.60. The summed E-state index contributed by atoms with van der Waals surface area (Å²) in [5, 5.41) is 10.9. The molecule has 1 saturated carbocycles. The van der Waals surface area contributed by atoms with E-state index >= 15 is 0 Å². The van der Waals surface area contributed by atoms with E-state index in [0.29, 0.717) is 31.0 Å². The van der Waals surface area contributed by atoms with Crippen molar-refractivity contribution in [2.75, 3.05) is 5.73 Å². The lowest BCUT2D eigenvalue weighted by atomic mass is 10.1. The Morgan fingerprint density at radius 2 is 1.88 bits per heavy atom. The molecule has 4 rings (SSSR count). The average molecular weight is 354 g/mol. The van der Waals surface area contributed by atoms with Crippen LogP contribution in [0.2, 0.25) is 0 Å². The first kappa shape index (κ1) is 16.5. The second kappa shape index (κ2) is 7.13. The Hall–Kier alpha value is -2.93. The van der Waals surface area contributed by atoms with E-state index in [1.807, 2.05) is 12.1 Å². The second-order valence-corrected chi connectivity index (χ2v) is 6.35. The number of halogens is 1. The molecule has 0 spiro atoms. The Morgan fingerprint density at radius 1 is 1.12 bits per heavy atom. The zero-order chi connectivity index (χ0) is 17.9. The summed E-state index contributed by atoms with van der Waals surface area (Å²) in [5.74, 6) is 1.52. The summed E-state index contributed by atoms with van der Waals surface area (Å²) in [4.78, 5) is 0. The molecule has 2 aromatic carbocycles. The van der Waals surface area contributed by atoms with Crippen molar-refractivity contribution in [3.63, 3.8) is 0 Å². The molecule has 0 unspecified atom stereocenters. The monoisotopic (exact) mass is 354 g/mol. The van der Waals surface area contributed by atoms with Gasteiger partial charge in [-0.05, 0) is 41.8 Å².